The fourth-order valence-corrected chi connectivity index (χ4v) is 3.21. The van der Waals surface area contributed by atoms with E-state index in [1.165, 1.54) is 0 Å². The van der Waals surface area contributed by atoms with Gasteiger partial charge in [-0.25, -0.2) is 9.97 Å². The molecule has 3 aromatic rings. The van der Waals surface area contributed by atoms with Crippen LogP contribution in [-0.4, -0.2) is 20.4 Å². The van der Waals surface area contributed by atoms with Crippen molar-refractivity contribution in [3.63, 3.8) is 0 Å². The van der Waals surface area contributed by atoms with Crippen molar-refractivity contribution >= 4 is 34.4 Å². The minimum atomic E-state index is -0.471. The van der Waals surface area contributed by atoms with E-state index < -0.39 is 5.41 Å². The van der Waals surface area contributed by atoms with Gasteiger partial charge in [-0.2, -0.15) is 0 Å². The van der Waals surface area contributed by atoms with Gasteiger partial charge in [0.2, 0.25) is 5.91 Å². The number of fused-ring (bicyclic) bond motifs is 1. The third-order valence-electron chi connectivity index (χ3n) is 4.93. The number of carbonyl (C=O) groups excluding carboxylic acids is 1. The second-order valence-electron chi connectivity index (χ2n) is 8.51. The summed E-state index contributed by atoms with van der Waals surface area (Å²) in [5.41, 5.74) is 3.83. The summed E-state index contributed by atoms with van der Waals surface area (Å²) in [6.07, 6.45) is 3.06. The highest BCUT2D eigenvalue weighted by Crippen LogP contribution is 2.25. The Morgan fingerprint density at radius 1 is 1.17 bits per heavy atom. The van der Waals surface area contributed by atoms with Crippen molar-refractivity contribution in [2.75, 3.05) is 5.32 Å². The second-order valence-corrected chi connectivity index (χ2v) is 8.95. The number of unbranched alkanes of at least 4 members (excludes halogenated alkanes) is 1. The Morgan fingerprint density at radius 2 is 1.86 bits per heavy atom. The van der Waals surface area contributed by atoms with Crippen LogP contribution in [0, 0.1) is 12.3 Å². The highest BCUT2D eigenvalue weighted by molar-refractivity contribution is 6.30. The molecule has 0 aliphatic carbocycles. The van der Waals surface area contributed by atoms with Gasteiger partial charge in [0, 0.05) is 16.9 Å². The Morgan fingerprint density at radius 3 is 2.48 bits per heavy atom. The number of aromatic nitrogens is 3. The molecule has 2 heterocycles. The molecule has 0 saturated carbocycles. The first-order valence-electron chi connectivity index (χ1n) is 10.1. The predicted octanol–water partition coefficient (Wildman–Crippen LogP) is 5.77. The average Bonchev–Trinajstić information content (AvgIpc) is 2.97. The molecule has 5 nitrogen and oxygen atoms in total. The van der Waals surface area contributed by atoms with Gasteiger partial charge < -0.3 is 9.88 Å². The highest BCUT2D eigenvalue weighted by Gasteiger charge is 2.23. The maximum atomic E-state index is 12.4. The SMILES string of the molecule is CCCCc1nc2cc(NC(=O)C(C)(C)C)c(C)nc2n1Cc1ccc(Cl)cc1. The van der Waals surface area contributed by atoms with E-state index in [1.807, 2.05) is 58.0 Å². The number of amides is 1. The lowest BCUT2D eigenvalue weighted by Crippen LogP contribution is -2.28. The lowest BCUT2D eigenvalue weighted by Gasteiger charge is -2.18. The third-order valence-corrected chi connectivity index (χ3v) is 5.18. The van der Waals surface area contributed by atoms with Crippen LogP contribution in [0.2, 0.25) is 5.02 Å². The van der Waals surface area contributed by atoms with Crippen LogP contribution in [0.3, 0.4) is 0 Å². The van der Waals surface area contributed by atoms with Crippen molar-refractivity contribution in [3.8, 4) is 0 Å². The van der Waals surface area contributed by atoms with Gasteiger partial charge >= 0.3 is 0 Å². The van der Waals surface area contributed by atoms with Crippen LogP contribution >= 0.6 is 11.6 Å². The maximum absolute atomic E-state index is 12.4. The van der Waals surface area contributed by atoms with Crippen LogP contribution in [0.25, 0.3) is 11.2 Å². The summed E-state index contributed by atoms with van der Waals surface area (Å²) < 4.78 is 2.18. The van der Waals surface area contributed by atoms with Crippen LogP contribution in [0.15, 0.2) is 30.3 Å². The van der Waals surface area contributed by atoms with Crippen molar-refractivity contribution in [3.05, 3.63) is 52.4 Å². The normalized spacial score (nSPS) is 11.8. The van der Waals surface area contributed by atoms with Crippen molar-refractivity contribution in [1.29, 1.82) is 0 Å². The van der Waals surface area contributed by atoms with E-state index in [4.69, 9.17) is 21.6 Å². The Labute approximate surface area is 177 Å². The zero-order valence-corrected chi connectivity index (χ0v) is 18.6. The van der Waals surface area contributed by atoms with Gasteiger partial charge in [0.15, 0.2) is 5.65 Å². The largest absolute Gasteiger partial charge is 0.324 e. The van der Waals surface area contributed by atoms with E-state index >= 15 is 0 Å². The van der Waals surface area contributed by atoms with Gasteiger partial charge in [-0.05, 0) is 37.1 Å². The van der Waals surface area contributed by atoms with E-state index in [9.17, 15) is 4.79 Å². The number of hydrogen-bond donors (Lipinski definition) is 1. The second kappa shape index (κ2) is 8.54. The van der Waals surface area contributed by atoms with E-state index in [0.717, 1.165) is 58.2 Å². The number of nitrogens with one attached hydrogen (secondary N) is 1. The molecule has 154 valence electrons. The van der Waals surface area contributed by atoms with Crippen molar-refractivity contribution < 1.29 is 4.79 Å². The molecule has 0 radical (unpaired) electrons. The molecule has 1 N–H and O–H groups in total. The lowest BCUT2D eigenvalue weighted by atomic mass is 9.95. The summed E-state index contributed by atoms with van der Waals surface area (Å²) >= 11 is 6.03. The van der Waals surface area contributed by atoms with E-state index in [1.54, 1.807) is 0 Å². The van der Waals surface area contributed by atoms with E-state index in [0.29, 0.717) is 6.54 Å². The average molecular weight is 413 g/mol. The molecule has 0 fully saturated rings. The Kier molecular flexibility index (Phi) is 6.27. The molecule has 0 saturated heterocycles. The summed E-state index contributed by atoms with van der Waals surface area (Å²) in [5.74, 6) is 0.983. The standard InChI is InChI=1S/C23H29ClN4O/c1-6-7-8-20-26-19-13-18(27-22(29)23(3,4)5)15(2)25-21(19)28(20)14-16-9-11-17(24)12-10-16/h9-13H,6-8,14H2,1-5H3,(H,27,29). The number of anilines is 1. The molecule has 0 unspecified atom stereocenters. The Hall–Kier alpha value is -2.40. The monoisotopic (exact) mass is 412 g/mol. The van der Waals surface area contributed by atoms with Gasteiger partial charge in [-0.15, -0.1) is 0 Å². The van der Waals surface area contributed by atoms with Crippen molar-refractivity contribution in [2.45, 2.75) is 60.4 Å². The smallest absolute Gasteiger partial charge is 0.229 e. The number of nitrogens with zero attached hydrogens (tertiary/aromatic N) is 3. The number of hydrogen-bond acceptors (Lipinski definition) is 3. The van der Waals surface area contributed by atoms with Gasteiger partial charge in [-0.1, -0.05) is 57.8 Å². The molecule has 2 aromatic heterocycles. The molecular formula is C23H29ClN4O. The van der Waals surface area contributed by atoms with Crippen LogP contribution in [-0.2, 0) is 17.8 Å². The summed E-state index contributed by atoms with van der Waals surface area (Å²) in [6, 6.07) is 9.81. The minimum Gasteiger partial charge on any atom is -0.324 e. The van der Waals surface area contributed by atoms with Gasteiger partial charge in [0.25, 0.3) is 0 Å². The lowest BCUT2D eigenvalue weighted by molar-refractivity contribution is -0.123. The molecule has 0 atom stereocenters. The number of imidazole rings is 1. The maximum Gasteiger partial charge on any atom is 0.229 e. The Balaban J connectivity index is 2.02. The summed E-state index contributed by atoms with van der Waals surface area (Å²) in [6.45, 7) is 10.5. The summed E-state index contributed by atoms with van der Waals surface area (Å²) in [7, 11) is 0. The number of aryl methyl sites for hydroxylation is 2. The number of benzene rings is 1. The molecule has 0 bridgehead atoms. The van der Waals surface area contributed by atoms with Crippen LogP contribution in [0.5, 0.6) is 0 Å². The zero-order chi connectivity index (χ0) is 21.2. The fraction of sp³-hybridized carbons (Fsp3) is 0.435. The number of rotatable bonds is 6. The molecule has 0 aliphatic heterocycles. The highest BCUT2D eigenvalue weighted by atomic mass is 35.5. The minimum absolute atomic E-state index is 0.0337. The van der Waals surface area contributed by atoms with E-state index in [-0.39, 0.29) is 5.91 Å². The molecule has 6 heteroatoms. The van der Waals surface area contributed by atoms with Gasteiger partial charge in [0.05, 0.1) is 17.9 Å². The number of pyridine rings is 1. The van der Waals surface area contributed by atoms with Crippen LogP contribution in [0.4, 0.5) is 5.69 Å². The first-order chi connectivity index (χ1) is 13.7. The number of halogens is 1. The molecule has 0 spiro atoms. The number of carbonyl (C=O) groups is 1. The molecular weight excluding hydrogens is 384 g/mol. The van der Waals surface area contributed by atoms with E-state index in [2.05, 4.69) is 16.8 Å². The summed E-state index contributed by atoms with van der Waals surface area (Å²) in [4.78, 5) is 22.1. The van der Waals surface area contributed by atoms with Crippen molar-refractivity contribution in [2.24, 2.45) is 5.41 Å². The van der Waals surface area contributed by atoms with Gasteiger partial charge in [0.1, 0.15) is 11.3 Å². The van der Waals surface area contributed by atoms with Gasteiger partial charge in [-0.3, -0.25) is 4.79 Å². The first kappa shape index (κ1) is 21.3. The topological polar surface area (TPSA) is 59.8 Å². The summed E-state index contributed by atoms with van der Waals surface area (Å²) in [5, 5.41) is 3.73. The zero-order valence-electron chi connectivity index (χ0n) is 17.8. The molecule has 0 aliphatic rings. The first-order valence-corrected chi connectivity index (χ1v) is 10.5. The molecule has 1 amide bonds. The fourth-order valence-electron chi connectivity index (χ4n) is 3.09. The predicted molar refractivity (Wildman–Crippen MR) is 120 cm³/mol. The molecule has 3 rings (SSSR count). The molecule has 29 heavy (non-hydrogen) atoms. The Bertz CT molecular complexity index is 1020. The van der Waals surface area contributed by atoms with Crippen LogP contribution in [0.1, 0.15) is 57.6 Å². The third kappa shape index (κ3) is 4.96. The molecule has 1 aromatic carbocycles. The quantitative estimate of drug-likeness (QED) is 0.559. The van der Waals surface area contributed by atoms with Crippen LogP contribution < -0.4 is 5.32 Å². The van der Waals surface area contributed by atoms with Crippen molar-refractivity contribution in [1.82, 2.24) is 14.5 Å².